The zero-order valence-corrected chi connectivity index (χ0v) is 25.1. The molecule has 0 aromatic heterocycles. The summed E-state index contributed by atoms with van der Waals surface area (Å²) in [4.78, 5) is 28.9. The molecule has 7 nitrogen and oxygen atoms in total. The predicted octanol–water partition coefficient (Wildman–Crippen LogP) is 5.61. The summed E-state index contributed by atoms with van der Waals surface area (Å²) >= 11 is 6.38. The Labute approximate surface area is 243 Å². The average Bonchev–Trinajstić information content (AvgIpc) is 2.96. The largest absolute Gasteiger partial charge is 0.352 e. The molecule has 2 amide bonds. The lowest BCUT2D eigenvalue weighted by atomic mass is 10.1. The van der Waals surface area contributed by atoms with Crippen LogP contribution in [0.3, 0.4) is 0 Å². The van der Waals surface area contributed by atoms with Gasteiger partial charge in [-0.1, -0.05) is 80.0 Å². The van der Waals surface area contributed by atoms with Crippen molar-refractivity contribution in [2.24, 2.45) is 0 Å². The molecule has 0 spiro atoms. The van der Waals surface area contributed by atoms with E-state index in [1.807, 2.05) is 58.0 Å². The van der Waals surface area contributed by atoms with Crippen molar-refractivity contribution in [1.82, 2.24) is 10.2 Å². The van der Waals surface area contributed by atoms with Crippen LogP contribution in [0.4, 0.5) is 5.69 Å². The summed E-state index contributed by atoms with van der Waals surface area (Å²) in [7, 11) is -4.13. The van der Waals surface area contributed by atoms with E-state index in [1.54, 1.807) is 36.4 Å². The number of carbonyl (C=O) groups is 2. The molecular weight excluding hydrogens is 546 g/mol. The highest BCUT2D eigenvalue weighted by Gasteiger charge is 2.33. The van der Waals surface area contributed by atoms with Crippen LogP contribution in [0.5, 0.6) is 0 Å². The molecule has 0 bridgehead atoms. The van der Waals surface area contributed by atoms with Gasteiger partial charge in [0.15, 0.2) is 0 Å². The summed E-state index contributed by atoms with van der Waals surface area (Å²) in [5.41, 5.74) is 2.07. The van der Waals surface area contributed by atoms with Crippen molar-refractivity contribution in [3.63, 3.8) is 0 Å². The predicted molar refractivity (Wildman–Crippen MR) is 161 cm³/mol. The fourth-order valence-corrected chi connectivity index (χ4v) is 5.92. The van der Waals surface area contributed by atoms with E-state index in [9.17, 15) is 18.0 Å². The minimum Gasteiger partial charge on any atom is -0.352 e. The van der Waals surface area contributed by atoms with Crippen molar-refractivity contribution < 1.29 is 18.0 Å². The van der Waals surface area contributed by atoms with Crippen LogP contribution in [-0.4, -0.2) is 50.3 Å². The highest BCUT2D eigenvalue weighted by molar-refractivity contribution is 7.92. The van der Waals surface area contributed by atoms with Gasteiger partial charge in [0.25, 0.3) is 10.0 Å². The molecule has 0 aliphatic rings. The number of halogens is 1. The van der Waals surface area contributed by atoms with Crippen LogP contribution in [0.15, 0.2) is 83.8 Å². The molecule has 1 N–H and O–H groups in total. The van der Waals surface area contributed by atoms with E-state index in [4.69, 9.17) is 11.6 Å². The van der Waals surface area contributed by atoms with Crippen molar-refractivity contribution in [3.8, 4) is 0 Å². The first-order valence-electron chi connectivity index (χ1n) is 13.6. The molecule has 0 aliphatic carbocycles. The number of nitrogens with zero attached hydrogens (tertiary/aromatic N) is 2. The van der Waals surface area contributed by atoms with Gasteiger partial charge < -0.3 is 10.2 Å². The summed E-state index contributed by atoms with van der Waals surface area (Å²) in [5.74, 6) is -0.729. The Morgan fingerprint density at radius 2 is 1.55 bits per heavy atom. The second-order valence-corrected chi connectivity index (χ2v) is 12.1. The molecule has 0 aliphatic heterocycles. The quantitative estimate of drug-likeness (QED) is 0.283. The molecule has 0 fully saturated rings. The number of rotatable bonds is 13. The van der Waals surface area contributed by atoms with Crippen molar-refractivity contribution in [2.45, 2.75) is 63.9 Å². The zero-order chi connectivity index (χ0) is 29.3. The lowest BCUT2D eigenvalue weighted by Crippen LogP contribution is -2.54. The SMILES string of the molecule is CC[C@@H](C)NC(=O)[C@H](CC)N(CCc1ccccc1)C(=O)CN(c1ccc(C)c(Cl)c1)S(=O)(=O)c1ccccc1. The zero-order valence-electron chi connectivity index (χ0n) is 23.5. The summed E-state index contributed by atoms with van der Waals surface area (Å²) in [6.45, 7) is 7.32. The second-order valence-electron chi connectivity index (χ2n) is 9.82. The van der Waals surface area contributed by atoms with Gasteiger partial charge in [-0.05, 0) is 68.5 Å². The number of sulfonamides is 1. The average molecular weight is 584 g/mol. The number of carbonyl (C=O) groups excluding carboxylic acids is 2. The Bertz CT molecular complexity index is 1380. The smallest absolute Gasteiger partial charge is 0.264 e. The van der Waals surface area contributed by atoms with Crippen molar-refractivity contribution in [1.29, 1.82) is 0 Å². The molecule has 0 unspecified atom stereocenters. The molecule has 0 saturated heterocycles. The number of nitrogens with one attached hydrogen (secondary N) is 1. The van der Waals surface area contributed by atoms with E-state index in [2.05, 4.69) is 5.32 Å². The van der Waals surface area contributed by atoms with Gasteiger partial charge in [0.2, 0.25) is 11.8 Å². The van der Waals surface area contributed by atoms with Crippen LogP contribution in [0, 0.1) is 6.92 Å². The molecule has 3 aromatic carbocycles. The van der Waals surface area contributed by atoms with Crippen LogP contribution in [-0.2, 0) is 26.0 Å². The fraction of sp³-hybridized carbons (Fsp3) is 0.355. The Morgan fingerprint density at radius 3 is 2.12 bits per heavy atom. The number of benzene rings is 3. The van der Waals surface area contributed by atoms with Gasteiger partial charge in [0, 0.05) is 17.6 Å². The van der Waals surface area contributed by atoms with Crippen molar-refractivity contribution in [2.75, 3.05) is 17.4 Å². The van der Waals surface area contributed by atoms with E-state index >= 15 is 0 Å². The highest BCUT2D eigenvalue weighted by Crippen LogP contribution is 2.28. The van der Waals surface area contributed by atoms with Crippen LogP contribution in [0.1, 0.15) is 44.7 Å². The molecular formula is C31H38ClN3O4S. The molecule has 0 radical (unpaired) electrons. The van der Waals surface area contributed by atoms with Crippen LogP contribution < -0.4 is 9.62 Å². The Balaban J connectivity index is 2.02. The van der Waals surface area contributed by atoms with Crippen molar-refractivity contribution in [3.05, 3.63) is 95.0 Å². The first-order chi connectivity index (χ1) is 19.1. The van der Waals surface area contributed by atoms with Gasteiger partial charge in [-0.3, -0.25) is 13.9 Å². The first kappa shape index (κ1) is 31.2. The fourth-order valence-electron chi connectivity index (χ4n) is 4.32. The molecule has 3 rings (SSSR count). The minimum atomic E-state index is -4.13. The maximum atomic E-state index is 14.0. The third-order valence-electron chi connectivity index (χ3n) is 6.92. The lowest BCUT2D eigenvalue weighted by molar-refractivity contribution is -0.139. The van der Waals surface area contributed by atoms with E-state index in [0.29, 0.717) is 17.9 Å². The van der Waals surface area contributed by atoms with Crippen molar-refractivity contribution >= 4 is 39.1 Å². The van der Waals surface area contributed by atoms with Gasteiger partial charge >= 0.3 is 0 Å². The Hall–Kier alpha value is -3.36. The number of anilines is 1. The van der Waals surface area contributed by atoms with E-state index in [0.717, 1.165) is 21.9 Å². The molecule has 40 heavy (non-hydrogen) atoms. The molecule has 0 saturated carbocycles. The topological polar surface area (TPSA) is 86.8 Å². The maximum Gasteiger partial charge on any atom is 0.264 e. The number of amides is 2. The van der Waals surface area contributed by atoms with Crippen LogP contribution in [0.25, 0.3) is 0 Å². The van der Waals surface area contributed by atoms with Crippen LogP contribution >= 0.6 is 11.6 Å². The minimum absolute atomic E-state index is 0.0527. The van der Waals surface area contributed by atoms with Gasteiger partial charge in [0.1, 0.15) is 12.6 Å². The summed E-state index contributed by atoms with van der Waals surface area (Å²) in [6, 6.07) is 21.7. The summed E-state index contributed by atoms with van der Waals surface area (Å²) < 4.78 is 28.8. The monoisotopic (exact) mass is 583 g/mol. The van der Waals surface area contributed by atoms with Gasteiger partial charge in [-0.25, -0.2) is 8.42 Å². The van der Waals surface area contributed by atoms with Gasteiger partial charge in [-0.15, -0.1) is 0 Å². The van der Waals surface area contributed by atoms with E-state index in [-0.39, 0.29) is 29.1 Å². The lowest BCUT2D eigenvalue weighted by Gasteiger charge is -2.33. The molecule has 0 heterocycles. The highest BCUT2D eigenvalue weighted by atomic mass is 35.5. The van der Waals surface area contributed by atoms with Crippen LogP contribution in [0.2, 0.25) is 5.02 Å². The third-order valence-corrected chi connectivity index (χ3v) is 9.12. The third kappa shape index (κ3) is 7.86. The molecule has 9 heteroatoms. The number of hydrogen-bond acceptors (Lipinski definition) is 4. The Kier molecular flexibility index (Phi) is 11.2. The van der Waals surface area contributed by atoms with E-state index < -0.39 is 28.5 Å². The summed E-state index contributed by atoms with van der Waals surface area (Å²) in [5, 5.41) is 3.37. The van der Waals surface area contributed by atoms with Gasteiger partial charge in [-0.2, -0.15) is 0 Å². The summed E-state index contributed by atoms with van der Waals surface area (Å²) in [6.07, 6.45) is 1.64. The number of hydrogen-bond donors (Lipinski definition) is 1. The standard InChI is InChI=1S/C31H38ClN3O4S/c1-5-24(4)33-31(37)29(6-2)34(20-19-25-13-9-7-10-14-25)30(36)22-35(26-18-17-23(3)28(32)21-26)40(38,39)27-15-11-8-12-16-27/h7-18,21,24,29H,5-6,19-20,22H2,1-4H3,(H,33,37)/t24-,29+/m1/s1. The molecule has 214 valence electrons. The second kappa shape index (κ2) is 14.3. The normalized spacial score (nSPS) is 12.8. The first-order valence-corrected chi connectivity index (χ1v) is 15.4. The van der Waals surface area contributed by atoms with E-state index in [1.165, 1.54) is 17.0 Å². The molecule has 2 atom stereocenters. The maximum absolute atomic E-state index is 14.0. The number of aryl methyl sites for hydroxylation is 1. The van der Waals surface area contributed by atoms with Gasteiger partial charge in [0.05, 0.1) is 10.6 Å². The Morgan fingerprint density at radius 1 is 0.925 bits per heavy atom. The molecule has 3 aromatic rings.